The SMILES string of the molecule is CC(N)C1CCC(C(=O)Nc2ccnc3[nH]c(-c4cccc(F)c4)cc23)CC1. The second kappa shape index (κ2) is 7.72. The highest BCUT2D eigenvalue weighted by atomic mass is 19.1. The monoisotopic (exact) mass is 380 g/mol. The number of benzene rings is 1. The first-order valence-electron chi connectivity index (χ1n) is 9.81. The van der Waals surface area contributed by atoms with Gasteiger partial charge in [-0.25, -0.2) is 9.37 Å². The zero-order valence-corrected chi connectivity index (χ0v) is 15.9. The lowest BCUT2D eigenvalue weighted by molar-refractivity contribution is -0.121. The normalized spacial score (nSPS) is 20.8. The Morgan fingerprint density at radius 2 is 2.04 bits per heavy atom. The number of amides is 1. The van der Waals surface area contributed by atoms with E-state index in [-0.39, 0.29) is 23.7 Å². The molecule has 4 rings (SSSR count). The van der Waals surface area contributed by atoms with Gasteiger partial charge in [0.15, 0.2) is 0 Å². The topological polar surface area (TPSA) is 83.8 Å². The van der Waals surface area contributed by atoms with E-state index in [0.29, 0.717) is 11.6 Å². The van der Waals surface area contributed by atoms with E-state index in [1.54, 1.807) is 18.3 Å². The Labute approximate surface area is 163 Å². The molecule has 1 saturated carbocycles. The van der Waals surface area contributed by atoms with Gasteiger partial charge >= 0.3 is 0 Å². The number of nitrogens with one attached hydrogen (secondary N) is 2. The van der Waals surface area contributed by atoms with Crippen molar-refractivity contribution in [2.24, 2.45) is 17.6 Å². The standard InChI is InChI=1S/C22H25FN4O/c1-13(24)14-5-7-15(8-6-14)22(28)27-19-9-10-25-21-18(19)12-20(26-21)16-3-2-4-17(23)11-16/h2-4,9-15H,5-8,24H2,1H3,(H2,25,26,27,28). The highest BCUT2D eigenvalue weighted by Gasteiger charge is 2.28. The minimum atomic E-state index is -0.292. The van der Waals surface area contributed by atoms with Crippen molar-refractivity contribution in [3.63, 3.8) is 0 Å². The molecule has 28 heavy (non-hydrogen) atoms. The van der Waals surface area contributed by atoms with Crippen molar-refractivity contribution in [3.05, 3.63) is 48.4 Å². The van der Waals surface area contributed by atoms with Crippen LogP contribution >= 0.6 is 0 Å². The van der Waals surface area contributed by atoms with Gasteiger partial charge in [-0.3, -0.25) is 4.79 Å². The average Bonchev–Trinajstić information content (AvgIpc) is 3.13. The molecule has 1 unspecified atom stereocenters. The summed E-state index contributed by atoms with van der Waals surface area (Å²) in [6, 6.07) is 10.3. The van der Waals surface area contributed by atoms with Gasteiger partial charge in [0.2, 0.25) is 5.91 Å². The molecule has 0 saturated heterocycles. The van der Waals surface area contributed by atoms with Crippen LogP contribution in [0.5, 0.6) is 0 Å². The predicted octanol–water partition coefficient (Wildman–Crippen LogP) is 4.46. The third kappa shape index (κ3) is 3.78. The highest BCUT2D eigenvalue weighted by molar-refractivity contribution is 6.02. The molecular formula is C22H25FN4O. The van der Waals surface area contributed by atoms with Crippen LogP contribution in [0.3, 0.4) is 0 Å². The lowest BCUT2D eigenvalue weighted by Crippen LogP contribution is -2.33. The fraction of sp³-hybridized carbons (Fsp3) is 0.364. The molecule has 1 amide bonds. The van der Waals surface area contributed by atoms with Crippen LogP contribution in [0.25, 0.3) is 22.3 Å². The predicted molar refractivity (Wildman–Crippen MR) is 109 cm³/mol. The molecule has 0 spiro atoms. The summed E-state index contributed by atoms with van der Waals surface area (Å²) in [6.07, 6.45) is 5.39. The number of aromatic nitrogens is 2. The van der Waals surface area contributed by atoms with E-state index in [4.69, 9.17) is 5.73 Å². The summed E-state index contributed by atoms with van der Waals surface area (Å²) in [5.74, 6) is 0.277. The van der Waals surface area contributed by atoms with Crippen molar-refractivity contribution < 1.29 is 9.18 Å². The molecule has 1 aliphatic carbocycles. The molecule has 2 aromatic heterocycles. The number of carbonyl (C=O) groups excluding carboxylic acids is 1. The first-order chi connectivity index (χ1) is 13.5. The van der Waals surface area contributed by atoms with Crippen molar-refractivity contribution in [2.75, 3.05) is 5.32 Å². The summed E-state index contributed by atoms with van der Waals surface area (Å²) >= 11 is 0. The Kier molecular flexibility index (Phi) is 5.13. The Bertz CT molecular complexity index is 989. The molecule has 1 aromatic carbocycles. The Balaban J connectivity index is 1.54. The highest BCUT2D eigenvalue weighted by Crippen LogP contribution is 2.32. The van der Waals surface area contributed by atoms with E-state index in [9.17, 15) is 9.18 Å². The van der Waals surface area contributed by atoms with E-state index in [0.717, 1.165) is 48.0 Å². The molecular weight excluding hydrogens is 355 g/mol. The number of nitrogens with zero attached hydrogens (tertiary/aromatic N) is 1. The Morgan fingerprint density at radius 1 is 1.25 bits per heavy atom. The van der Waals surface area contributed by atoms with Gasteiger partial charge < -0.3 is 16.0 Å². The van der Waals surface area contributed by atoms with E-state index in [1.807, 2.05) is 19.1 Å². The number of aromatic amines is 1. The van der Waals surface area contributed by atoms with Crippen molar-refractivity contribution in [1.29, 1.82) is 0 Å². The molecule has 0 radical (unpaired) electrons. The van der Waals surface area contributed by atoms with E-state index in [1.165, 1.54) is 12.1 Å². The maximum absolute atomic E-state index is 13.5. The van der Waals surface area contributed by atoms with Gasteiger partial charge in [0.1, 0.15) is 11.5 Å². The number of rotatable bonds is 4. The van der Waals surface area contributed by atoms with Crippen LogP contribution in [0, 0.1) is 17.7 Å². The van der Waals surface area contributed by atoms with Crippen molar-refractivity contribution in [2.45, 2.75) is 38.6 Å². The van der Waals surface area contributed by atoms with Crippen LogP contribution in [0.2, 0.25) is 0 Å². The first-order valence-corrected chi connectivity index (χ1v) is 9.81. The second-order valence-electron chi connectivity index (χ2n) is 7.77. The van der Waals surface area contributed by atoms with Crippen molar-refractivity contribution >= 4 is 22.6 Å². The van der Waals surface area contributed by atoms with Crippen LogP contribution in [-0.2, 0) is 4.79 Å². The molecule has 1 aliphatic rings. The average molecular weight is 380 g/mol. The number of anilines is 1. The van der Waals surface area contributed by atoms with Crippen LogP contribution in [-0.4, -0.2) is 21.9 Å². The number of H-pyrrole nitrogens is 1. The number of hydrogen-bond acceptors (Lipinski definition) is 3. The van der Waals surface area contributed by atoms with Gasteiger partial charge in [-0.2, -0.15) is 0 Å². The summed E-state index contributed by atoms with van der Waals surface area (Å²) in [6.45, 7) is 2.04. The summed E-state index contributed by atoms with van der Waals surface area (Å²) in [5.41, 5.74) is 8.89. The third-order valence-corrected chi connectivity index (χ3v) is 5.81. The molecule has 6 heteroatoms. The molecule has 1 atom stereocenters. The van der Waals surface area contributed by atoms with Crippen molar-refractivity contribution in [3.8, 4) is 11.3 Å². The third-order valence-electron chi connectivity index (χ3n) is 5.81. The Morgan fingerprint density at radius 3 is 2.75 bits per heavy atom. The van der Waals surface area contributed by atoms with Crippen molar-refractivity contribution in [1.82, 2.24) is 9.97 Å². The fourth-order valence-electron chi connectivity index (χ4n) is 4.09. The molecule has 4 N–H and O–H groups in total. The molecule has 146 valence electrons. The lowest BCUT2D eigenvalue weighted by Gasteiger charge is -2.30. The number of carbonyl (C=O) groups is 1. The van der Waals surface area contributed by atoms with E-state index >= 15 is 0 Å². The Hall–Kier alpha value is -2.73. The maximum atomic E-state index is 13.5. The van der Waals surface area contributed by atoms with Gasteiger partial charge in [0.05, 0.1) is 5.69 Å². The first kappa shape index (κ1) is 18.6. The molecule has 5 nitrogen and oxygen atoms in total. The quantitative estimate of drug-likeness (QED) is 0.625. The summed E-state index contributed by atoms with van der Waals surface area (Å²) in [5, 5.41) is 3.89. The number of halogens is 1. The minimum absolute atomic E-state index is 0.0137. The molecule has 0 bridgehead atoms. The van der Waals surface area contributed by atoms with Crippen LogP contribution in [0.1, 0.15) is 32.6 Å². The maximum Gasteiger partial charge on any atom is 0.227 e. The molecule has 2 heterocycles. The van der Waals surface area contributed by atoms with Crippen LogP contribution in [0.4, 0.5) is 10.1 Å². The van der Waals surface area contributed by atoms with Crippen LogP contribution < -0.4 is 11.1 Å². The van der Waals surface area contributed by atoms with Gasteiger partial charge in [-0.05, 0) is 62.8 Å². The minimum Gasteiger partial charge on any atom is -0.339 e. The van der Waals surface area contributed by atoms with E-state index in [2.05, 4.69) is 15.3 Å². The summed E-state index contributed by atoms with van der Waals surface area (Å²) in [7, 11) is 0. The lowest BCUT2D eigenvalue weighted by atomic mass is 9.79. The summed E-state index contributed by atoms with van der Waals surface area (Å²) < 4.78 is 13.5. The van der Waals surface area contributed by atoms with Gasteiger partial charge in [0.25, 0.3) is 0 Å². The smallest absolute Gasteiger partial charge is 0.227 e. The largest absolute Gasteiger partial charge is 0.339 e. The van der Waals surface area contributed by atoms with Gasteiger partial charge in [-0.1, -0.05) is 12.1 Å². The number of pyridine rings is 1. The zero-order chi connectivity index (χ0) is 19.7. The fourth-order valence-corrected chi connectivity index (χ4v) is 4.09. The van der Waals surface area contributed by atoms with Gasteiger partial charge in [-0.15, -0.1) is 0 Å². The number of fused-ring (bicyclic) bond motifs is 1. The molecule has 3 aromatic rings. The van der Waals surface area contributed by atoms with E-state index < -0.39 is 0 Å². The van der Waals surface area contributed by atoms with Crippen LogP contribution in [0.15, 0.2) is 42.6 Å². The zero-order valence-electron chi connectivity index (χ0n) is 15.9. The van der Waals surface area contributed by atoms with Gasteiger partial charge in [0, 0.05) is 34.8 Å². The molecule has 0 aliphatic heterocycles. The molecule has 1 fully saturated rings. The number of hydrogen-bond donors (Lipinski definition) is 3. The summed E-state index contributed by atoms with van der Waals surface area (Å²) in [4.78, 5) is 20.3. The number of nitrogens with two attached hydrogens (primary N) is 1. The second-order valence-corrected chi connectivity index (χ2v) is 7.77.